The molecular weight excluding hydrogens is 208 g/mol. The molecule has 0 saturated carbocycles. The van der Waals surface area contributed by atoms with Gasteiger partial charge in [0.25, 0.3) is 0 Å². The van der Waals surface area contributed by atoms with Gasteiger partial charge in [0.05, 0.1) is 6.04 Å². The normalized spacial score (nSPS) is 15.9. The minimum Gasteiger partial charge on any atom is -0.351 e. The van der Waals surface area contributed by atoms with Crippen molar-refractivity contribution in [3.63, 3.8) is 0 Å². The van der Waals surface area contributed by atoms with Crippen LogP contribution >= 0.6 is 11.8 Å². The Balaban J connectivity index is 4.02. The first-order chi connectivity index (χ1) is 6.79. The first kappa shape index (κ1) is 14.8. The number of rotatable bonds is 5. The number of amides is 1. The van der Waals surface area contributed by atoms with Crippen LogP contribution in [0.2, 0.25) is 0 Å². The van der Waals surface area contributed by atoms with E-state index in [1.165, 1.54) is 0 Å². The summed E-state index contributed by atoms with van der Waals surface area (Å²) in [6.45, 7) is 10.0. The zero-order valence-electron chi connectivity index (χ0n) is 10.5. The molecule has 1 amide bonds. The summed E-state index contributed by atoms with van der Waals surface area (Å²) >= 11 is 1.82. The first-order valence-corrected chi connectivity index (χ1v) is 6.58. The van der Waals surface area contributed by atoms with Crippen LogP contribution in [0.4, 0.5) is 0 Å². The van der Waals surface area contributed by atoms with E-state index in [-0.39, 0.29) is 17.4 Å². The van der Waals surface area contributed by atoms with Gasteiger partial charge in [-0.2, -0.15) is 11.8 Å². The summed E-state index contributed by atoms with van der Waals surface area (Å²) in [5.41, 5.74) is 5.67. The highest BCUT2D eigenvalue weighted by Crippen LogP contribution is 2.17. The van der Waals surface area contributed by atoms with Crippen molar-refractivity contribution in [2.24, 2.45) is 11.1 Å². The summed E-state index contributed by atoms with van der Waals surface area (Å²) in [6, 6.07) is -0.248. The van der Waals surface area contributed by atoms with Crippen LogP contribution in [0.5, 0.6) is 0 Å². The molecule has 4 heteroatoms. The lowest BCUT2D eigenvalue weighted by atomic mass is 9.87. The van der Waals surface area contributed by atoms with Crippen LogP contribution in [0.1, 0.15) is 34.6 Å². The summed E-state index contributed by atoms with van der Waals surface area (Å²) in [7, 11) is 0. The number of carbonyl (C=O) groups excluding carboxylic acids is 1. The molecule has 0 aromatic rings. The molecule has 0 spiro atoms. The Hall–Kier alpha value is -0.220. The highest BCUT2D eigenvalue weighted by Gasteiger charge is 2.27. The van der Waals surface area contributed by atoms with Gasteiger partial charge in [-0.1, -0.05) is 27.7 Å². The SMILES string of the molecule is CCSCC(C)NC(=O)[C@@H](N)C(C)(C)C. The second-order valence-electron chi connectivity index (χ2n) is 4.91. The molecule has 90 valence electrons. The molecule has 0 aliphatic rings. The molecule has 0 bridgehead atoms. The van der Waals surface area contributed by atoms with Gasteiger partial charge in [0.2, 0.25) is 5.91 Å². The number of hydrogen-bond acceptors (Lipinski definition) is 3. The highest BCUT2D eigenvalue weighted by atomic mass is 32.2. The fourth-order valence-electron chi connectivity index (χ4n) is 1.06. The van der Waals surface area contributed by atoms with Gasteiger partial charge in [-0.25, -0.2) is 0 Å². The van der Waals surface area contributed by atoms with Crippen LogP contribution in [0, 0.1) is 5.41 Å². The van der Waals surface area contributed by atoms with E-state index in [0.717, 1.165) is 11.5 Å². The van der Waals surface area contributed by atoms with Crippen LogP contribution in [0.25, 0.3) is 0 Å². The third-order valence-electron chi connectivity index (χ3n) is 2.18. The summed E-state index contributed by atoms with van der Waals surface area (Å²) in [4.78, 5) is 11.7. The average Bonchev–Trinajstić information content (AvgIpc) is 2.11. The number of carbonyl (C=O) groups is 1. The quantitative estimate of drug-likeness (QED) is 0.757. The van der Waals surface area contributed by atoms with Crippen LogP contribution in [-0.4, -0.2) is 29.5 Å². The average molecular weight is 232 g/mol. The molecule has 0 aromatic carbocycles. The van der Waals surface area contributed by atoms with Gasteiger partial charge in [0, 0.05) is 11.8 Å². The van der Waals surface area contributed by atoms with Crippen molar-refractivity contribution in [3.05, 3.63) is 0 Å². The predicted molar refractivity (Wildman–Crippen MR) is 68.0 cm³/mol. The molecule has 1 unspecified atom stereocenters. The van der Waals surface area contributed by atoms with E-state index in [1.54, 1.807) is 0 Å². The lowest BCUT2D eigenvalue weighted by molar-refractivity contribution is -0.124. The molecule has 15 heavy (non-hydrogen) atoms. The summed E-state index contributed by atoms with van der Waals surface area (Å²) in [5, 5.41) is 2.94. The summed E-state index contributed by atoms with van der Waals surface area (Å²) < 4.78 is 0. The largest absolute Gasteiger partial charge is 0.351 e. The van der Waals surface area contributed by atoms with Crippen LogP contribution < -0.4 is 11.1 Å². The van der Waals surface area contributed by atoms with Crippen molar-refractivity contribution >= 4 is 17.7 Å². The Bertz CT molecular complexity index is 201. The summed E-state index contributed by atoms with van der Waals surface area (Å²) in [6.07, 6.45) is 0. The molecule has 0 aliphatic carbocycles. The zero-order valence-corrected chi connectivity index (χ0v) is 11.3. The maximum Gasteiger partial charge on any atom is 0.237 e. The fourth-order valence-corrected chi connectivity index (χ4v) is 1.73. The van der Waals surface area contributed by atoms with Crippen LogP contribution in [0.15, 0.2) is 0 Å². The molecular formula is C11H24N2OS. The highest BCUT2D eigenvalue weighted by molar-refractivity contribution is 7.99. The van der Waals surface area contributed by atoms with Crippen molar-refractivity contribution in [2.75, 3.05) is 11.5 Å². The minimum atomic E-state index is -0.438. The second kappa shape index (κ2) is 6.38. The van der Waals surface area contributed by atoms with E-state index in [1.807, 2.05) is 39.5 Å². The third-order valence-corrected chi connectivity index (χ3v) is 3.32. The van der Waals surface area contributed by atoms with Crippen molar-refractivity contribution in [1.82, 2.24) is 5.32 Å². The van der Waals surface area contributed by atoms with Gasteiger partial charge in [-0.3, -0.25) is 4.79 Å². The Morgan fingerprint density at radius 2 is 2.00 bits per heavy atom. The molecule has 0 aliphatic heterocycles. The minimum absolute atomic E-state index is 0.0493. The fraction of sp³-hybridized carbons (Fsp3) is 0.909. The molecule has 0 heterocycles. The van der Waals surface area contributed by atoms with Gasteiger partial charge in [0.15, 0.2) is 0 Å². The smallest absolute Gasteiger partial charge is 0.237 e. The third kappa shape index (κ3) is 6.05. The lowest BCUT2D eigenvalue weighted by Crippen LogP contribution is -2.51. The van der Waals surface area contributed by atoms with Gasteiger partial charge < -0.3 is 11.1 Å². The molecule has 3 N–H and O–H groups in total. The van der Waals surface area contributed by atoms with E-state index >= 15 is 0 Å². The zero-order chi connectivity index (χ0) is 12.1. The lowest BCUT2D eigenvalue weighted by Gasteiger charge is -2.27. The van der Waals surface area contributed by atoms with Crippen molar-refractivity contribution in [1.29, 1.82) is 0 Å². The Morgan fingerprint density at radius 3 is 2.40 bits per heavy atom. The molecule has 2 atom stereocenters. The molecule has 0 aromatic heterocycles. The van der Waals surface area contributed by atoms with Crippen LogP contribution in [0.3, 0.4) is 0 Å². The van der Waals surface area contributed by atoms with Gasteiger partial charge >= 0.3 is 0 Å². The van der Waals surface area contributed by atoms with Gasteiger partial charge in [-0.05, 0) is 18.1 Å². The molecule has 0 saturated heterocycles. The Morgan fingerprint density at radius 1 is 1.47 bits per heavy atom. The summed E-state index contributed by atoms with van der Waals surface area (Å²) in [5.74, 6) is 1.97. The van der Waals surface area contributed by atoms with E-state index < -0.39 is 6.04 Å². The molecule has 0 radical (unpaired) electrons. The number of thioether (sulfide) groups is 1. The number of hydrogen-bond donors (Lipinski definition) is 2. The molecule has 3 nitrogen and oxygen atoms in total. The Labute approximate surface area is 97.6 Å². The molecule has 0 fully saturated rings. The van der Waals surface area contributed by atoms with E-state index in [9.17, 15) is 4.79 Å². The van der Waals surface area contributed by atoms with E-state index in [2.05, 4.69) is 12.2 Å². The Kier molecular flexibility index (Phi) is 6.29. The van der Waals surface area contributed by atoms with Crippen molar-refractivity contribution in [2.45, 2.75) is 46.7 Å². The van der Waals surface area contributed by atoms with E-state index in [4.69, 9.17) is 5.73 Å². The first-order valence-electron chi connectivity index (χ1n) is 5.42. The maximum absolute atomic E-state index is 11.7. The van der Waals surface area contributed by atoms with Crippen molar-refractivity contribution in [3.8, 4) is 0 Å². The van der Waals surface area contributed by atoms with Crippen LogP contribution in [-0.2, 0) is 4.79 Å². The number of nitrogens with one attached hydrogen (secondary N) is 1. The predicted octanol–water partition coefficient (Wildman–Crippen LogP) is 1.62. The molecule has 0 rings (SSSR count). The van der Waals surface area contributed by atoms with Gasteiger partial charge in [-0.15, -0.1) is 0 Å². The standard InChI is InChI=1S/C11H24N2OS/c1-6-15-7-8(2)13-10(14)9(12)11(3,4)5/h8-9H,6-7,12H2,1-5H3,(H,13,14)/t8?,9-/m1/s1. The van der Waals surface area contributed by atoms with E-state index in [0.29, 0.717) is 0 Å². The van der Waals surface area contributed by atoms with Gasteiger partial charge in [0.1, 0.15) is 0 Å². The van der Waals surface area contributed by atoms with Crippen molar-refractivity contribution < 1.29 is 4.79 Å². The second-order valence-corrected chi connectivity index (χ2v) is 6.23. The maximum atomic E-state index is 11.7. The topological polar surface area (TPSA) is 55.1 Å². The number of nitrogens with two attached hydrogens (primary N) is 1. The monoisotopic (exact) mass is 232 g/mol.